The Morgan fingerprint density at radius 1 is 0.788 bits per heavy atom. The van der Waals surface area contributed by atoms with E-state index in [4.69, 9.17) is 0 Å². The van der Waals surface area contributed by atoms with Gasteiger partial charge in [0.25, 0.3) is 0 Å². The first-order valence-electron chi connectivity index (χ1n) is 14.4. The Morgan fingerprint density at radius 2 is 1.36 bits per heavy atom. The molecule has 0 amide bonds. The Morgan fingerprint density at radius 3 is 1.91 bits per heavy atom. The summed E-state index contributed by atoms with van der Waals surface area (Å²) in [5.41, 5.74) is -0.854. The van der Waals surface area contributed by atoms with E-state index in [1.807, 2.05) is 0 Å². The Kier molecular flexibility index (Phi) is 15.8. The minimum atomic E-state index is -0.854. The zero-order chi connectivity index (χ0) is 24.5. The lowest BCUT2D eigenvalue weighted by Gasteiger charge is -2.46. The summed E-state index contributed by atoms with van der Waals surface area (Å²) in [6.45, 7) is 6.62. The Labute approximate surface area is 204 Å². The molecule has 0 aromatic rings. The number of hydrogen-bond donors (Lipinski definition) is 2. The predicted molar refractivity (Wildman–Crippen MR) is 138 cm³/mol. The van der Waals surface area contributed by atoms with Gasteiger partial charge in [0.15, 0.2) is 0 Å². The SMILES string of the molecule is CCCCCCCCCCCC1C(C(=O)O)CCCC1(CC(CCC)CCCCC)C(=O)O. The van der Waals surface area contributed by atoms with Crippen LogP contribution in [0.4, 0.5) is 0 Å². The van der Waals surface area contributed by atoms with Gasteiger partial charge in [0.2, 0.25) is 0 Å². The number of rotatable bonds is 20. The van der Waals surface area contributed by atoms with Crippen molar-refractivity contribution >= 4 is 11.9 Å². The number of carboxylic acids is 2. The molecule has 33 heavy (non-hydrogen) atoms. The standard InChI is InChI=1S/C29H54O4/c1-4-7-9-10-11-12-13-14-16-21-26-25(27(30)31)20-17-22-29(26,28(32)33)23-24(18-6-3)19-15-8-5-2/h24-26H,4-23H2,1-3H3,(H,30,31)(H,32,33). The summed E-state index contributed by atoms with van der Waals surface area (Å²) >= 11 is 0. The van der Waals surface area contributed by atoms with Gasteiger partial charge in [0.05, 0.1) is 11.3 Å². The molecule has 0 spiro atoms. The molecule has 0 aromatic heterocycles. The second-order valence-corrected chi connectivity index (χ2v) is 10.9. The molecule has 1 aliphatic rings. The number of unbranched alkanes of at least 4 members (excludes halogenated alkanes) is 10. The van der Waals surface area contributed by atoms with E-state index in [-0.39, 0.29) is 5.92 Å². The molecule has 1 rings (SSSR count). The molecule has 0 heterocycles. The lowest BCUT2D eigenvalue weighted by atomic mass is 9.56. The van der Waals surface area contributed by atoms with Crippen molar-refractivity contribution < 1.29 is 19.8 Å². The first-order chi connectivity index (χ1) is 15.9. The van der Waals surface area contributed by atoms with Gasteiger partial charge in [-0.05, 0) is 37.5 Å². The second-order valence-electron chi connectivity index (χ2n) is 10.9. The highest BCUT2D eigenvalue weighted by Gasteiger charge is 2.53. The smallest absolute Gasteiger partial charge is 0.309 e. The van der Waals surface area contributed by atoms with E-state index < -0.39 is 23.3 Å². The molecule has 194 valence electrons. The summed E-state index contributed by atoms with van der Waals surface area (Å²) in [7, 11) is 0. The maximum Gasteiger partial charge on any atom is 0.309 e. The van der Waals surface area contributed by atoms with Crippen molar-refractivity contribution in [2.45, 2.75) is 149 Å². The minimum absolute atomic E-state index is 0.226. The minimum Gasteiger partial charge on any atom is -0.481 e. The van der Waals surface area contributed by atoms with Crippen LogP contribution in [-0.2, 0) is 9.59 Å². The zero-order valence-electron chi connectivity index (χ0n) is 22.1. The summed E-state index contributed by atoms with van der Waals surface area (Å²) in [4.78, 5) is 25.0. The van der Waals surface area contributed by atoms with E-state index >= 15 is 0 Å². The molecule has 4 nitrogen and oxygen atoms in total. The summed E-state index contributed by atoms with van der Waals surface area (Å²) in [6, 6.07) is 0. The predicted octanol–water partition coefficient (Wildman–Crippen LogP) is 8.87. The fourth-order valence-corrected chi connectivity index (χ4v) is 6.42. The Balaban J connectivity index is 2.82. The van der Waals surface area contributed by atoms with Crippen LogP contribution in [0.1, 0.15) is 149 Å². The summed E-state index contributed by atoms with van der Waals surface area (Å²) in [5, 5.41) is 20.5. The Bertz CT molecular complexity index is 532. The van der Waals surface area contributed by atoms with Gasteiger partial charge in [-0.2, -0.15) is 0 Å². The average Bonchev–Trinajstić information content (AvgIpc) is 2.78. The van der Waals surface area contributed by atoms with Crippen LogP contribution in [0, 0.1) is 23.2 Å². The van der Waals surface area contributed by atoms with Gasteiger partial charge < -0.3 is 10.2 Å². The van der Waals surface area contributed by atoms with Gasteiger partial charge in [-0.3, -0.25) is 9.59 Å². The molecule has 4 atom stereocenters. The van der Waals surface area contributed by atoms with Crippen molar-refractivity contribution in [1.82, 2.24) is 0 Å². The van der Waals surface area contributed by atoms with E-state index in [1.165, 1.54) is 57.8 Å². The molecule has 1 aliphatic carbocycles. The van der Waals surface area contributed by atoms with Crippen LogP contribution < -0.4 is 0 Å². The number of carboxylic acid groups (broad SMARTS) is 2. The van der Waals surface area contributed by atoms with Crippen molar-refractivity contribution in [2.24, 2.45) is 23.2 Å². The van der Waals surface area contributed by atoms with Crippen LogP contribution >= 0.6 is 0 Å². The van der Waals surface area contributed by atoms with Gasteiger partial charge in [-0.1, -0.05) is 124 Å². The number of hydrogen-bond acceptors (Lipinski definition) is 2. The van der Waals surface area contributed by atoms with Crippen molar-refractivity contribution in [3.8, 4) is 0 Å². The molecule has 0 aromatic carbocycles. The molecule has 1 saturated carbocycles. The van der Waals surface area contributed by atoms with Gasteiger partial charge >= 0.3 is 11.9 Å². The van der Waals surface area contributed by atoms with E-state index in [2.05, 4.69) is 20.8 Å². The van der Waals surface area contributed by atoms with Crippen LogP contribution in [0.2, 0.25) is 0 Å². The first kappa shape index (κ1) is 30.0. The summed E-state index contributed by atoms with van der Waals surface area (Å²) < 4.78 is 0. The molecule has 0 bridgehead atoms. The lowest BCUT2D eigenvalue weighted by molar-refractivity contribution is -0.165. The molecule has 0 radical (unpaired) electrons. The molecule has 4 unspecified atom stereocenters. The third kappa shape index (κ3) is 10.4. The number of aliphatic carboxylic acids is 2. The van der Waals surface area contributed by atoms with Crippen molar-refractivity contribution in [3.05, 3.63) is 0 Å². The quantitative estimate of drug-likeness (QED) is 0.176. The van der Waals surface area contributed by atoms with E-state index in [0.717, 1.165) is 51.4 Å². The molecule has 1 fully saturated rings. The highest BCUT2D eigenvalue weighted by Crippen LogP contribution is 2.52. The third-order valence-electron chi connectivity index (χ3n) is 8.26. The second kappa shape index (κ2) is 17.4. The normalized spacial score (nSPS) is 24.0. The average molecular weight is 467 g/mol. The molecular formula is C29H54O4. The van der Waals surface area contributed by atoms with Crippen molar-refractivity contribution in [3.63, 3.8) is 0 Å². The van der Waals surface area contributed by atoms with Crippen LogP contribution in [0.3, 0.4) is 0 Å². The van der Waals surface area contributed by atoms with E-state index in [9.17, 15) is 19.8 Å². The Hall–Kier alpha value is -1.06. The van der Waals surface area contributed by atoms with Gasteiger partial charge in [-0.25, -0.2) is 0 Å². The van der Waals surface area contributed by atoms with Crippen LogP contribution in [0.25, 0.3) is 0 Å². The van der Waals surface area contributed by atoms with Gasteiger partial charge in [-0.15, -0.1) is 0 Å². The summed E-state index contributed by atoms with van der Waals surface area (Å²) in [5.74, 6) is -1.83. The monoisotopic (exact) mass is 466 g/mol. The molecule has 0 aliphatic heterocycles. The van der Waals surface area contributed by atoms with Gasteiger partial charge in [0.1, 0.15) is 0 Å². The van der Waals surface area contributed by atoms with E-state index in [1.54, 1.807) is 0 Å². The van der Waals surface area contributed by atoms with Crippen LogP contribution in [0.15, 0.2) is 0 Å². The van der Waals surface area contributed by atoms with Crippen LogP contribution in [-0.4, -0.2) is 22.2 Å². The first-order valence-corrected chi connectivity index (χ1v) is 14.4. The van der Waals surface area contributed by atoms with Crippen molar-refractivity contribution in [1.29, 1.82) is 0 Å². The van der Waals surface area contributed by atoms with E-state index in [0.29, 0.717) is 25.2 Å². The maximum atomic E-state index is 12.8. The summed E-state index contributed by atoms with van der Waals surface area (Å²) in [6.07, 6.45) is 21.2. The third-order valence-corrected chi connectivity index (χ3v) is 8.26. The topological polar surface area (TPSA) is 74.6 Å². The van der Waals surface area contributed by atoms with Crippen molar-refractivity contribution in [2.75, 3.05) is 0 Å². The van der Waals surface area contributed by atoms with Crippen LogP contribution in [0.5, 0.6) is 0 Å². The molecule has 0 saturated heterocycles. The maximum absolute atomic E-state index is 12.8. The molecular weight excluding hydrogens is 412 g/mol. The largest absolute Gasteiger partial charge is 0.481 e. The fraction of sp³-hybridized carbons (Fsp3) is 0.931. The highest BCUT2D eigenvalue weighted by atomic mass is 16.4. The zero-order valence-corrected chi connectivity index (χ0v) is 22.1. The highest BCUT2D eigenvalue weighted by molar-refractivity contribution is 5.78. The molecule has 4 heteroatoms. The lowest BCUT2D eigenvalue weighted by Crippen LogP contribution is -2.48. The molecule has 2 N–H and O–H groups in total. The fourth-order valence-electron chi connectivity index (χ4n) is 6.42. The van der Waals surface area contributed by atoms with Gasteiger partial charge in [0, 0.05) is 0 Å². The number of carbonyl (C=O) groups is 2.